The van der Waals surface area contributed by atoms with Crippen molar-refractivity contribution in [3.05, 3.63) is 34.9 Å². The Labute approximate surface area is 100 Å². The lowest BCUT2D eigenvalue weighted by Crippen LogP contribution is -2.31. The fraction of sp³-hybridized carbons (Fsp3) is 0.417. The van der Waals surface area contributed by atoms with Gasteiger partial charge in [0.2, 0.25) is 0 Å². The molecule has 0 fully saturated rings. The Morgan fingerprint density at radius 3 is 2.69 bits per heavy atom. The van der Waals surface area contributed by atoms with Crippen LogP contribution in [-0.2, 0) is 4.79 Å². The van der Waals surface area contributed by atoms with Gasteiger partial charge in [0.25, 0.3) is 0 Å². The van der Waals surface area contributed by atoms with Crippen molar-refractivity contribution in [1.29, 1.82) is 0 Å². The number of carbonyl (C=O) groups is 1. The molecule has 88 valence electrons. The zero-order chi connectivity index (χ0) is 12.1. The summed E-state index contributed by atoms with van der Waals surface area (Å²) < 4.78 is 0. The molecule has 0 aliphatic heterocycles. The van der Waals surface area contributed by atoms with Crippen LogP contribution in [0.4, 0.5) is 0 Å². The van der Waals surface area contributed by atoms with E-state index in [9.17, 15) is 4.79 Å². The van der Waals surface area contributed by atoms with Gasteiger partial charge < -0.3 is 10.4 Å². The predicted octanol–water partition coefficient (Wildman–Crippen LogP) is 2.71. The summed E-state index contributed by atoms with van der Waals surface area (Å²) in [5, 5.41) is 12.7. The average Bonchev–Trinajstić information content (AvgIpc) is 2.17. The summed E-state index contributed by atoms with van der Waals surface area (Å²) in [7, 11) is 0. The van der Waals surface area contributed by atoms with Gasteiger partial charge >= 0.3 is 5.97 Å². The lowest BCUT2D eigenvalue weighted by atomic mass is 10.1. The lowest BCUT2D eigenvalue weighted by Gasteiger charge is -2.16. The smallest absolute Gasteiger partial charge is 0.325 e. The van der Waals surface area contributed by atoms with Crippen LogP contribution in [-0.4, -0.2) is 17.6 Å². The van der Waals surface area contributed by atoms with E-state index < -0.39 is 12.0 Å². The third-order valence-electron chi connectivity index (χ3n) is 2.16. The number of hydrogen-bond donors (Lipinski definition) is 2. The van der Waals surface area contributed by atoms with Crippen LogP contribution in [0.15, 0.2) is 24.3 Å². The highest BCUT2D eigenvalue weighted by molar-refractivity contribution is 6.30. The number of halogens is 1. The highest BCUT2D eigenvalue weighted by atomic mass is 35.5. The van der Waals surface area contributed by atoms with Crippen molar-refractivity contribution < 1.29 is 9.90 Å². The number of nitrogens with one attached hydrogen (secondary N) is 1. The first-order valence-corrected chi connectivity index (χ1v) is 5.60. The molecule has 1 rings (SSSR count). The van der Waals surface area contributed by atoms with E-state index in [1.54, 1.807) is 24.3 Å². The molecule has 0 amide bonds. The number of aliphatic carboxylic acids is 1. The van der Waals surface area contributed by atoms with Crippen LogP contribution >= 0.6 is 11.6 Å². The quantitative estimate of drug-likeness (QED) is 0.833. The molecule has 0 saturated heterocycles. The average molecular weight is 242 g/mol. The summed E-state index contributed by atoms with van der Waals surface area (Å²) in [6, 6.07) is 6.23. The first kappa shape index (κ1) is 13.0. The van der Waals surface area contributed by atoms with Crippen LogP contribution in [0.1, 0.15) is 25.5 Å². The maximum absolute atomic E-state index is 11.1. The number of carboxylic acid groups (broad SMARTS) is 1. The van der Waals surface area contributed by atoms with E-state index in [-0.39, 0.29) is 0 Å². The first-order chi connectivity index (χ1) is 7.50. The fourth-order valence-corrected chi connectivity index (χ4v) is 1.59. The molecule has 0 heterocycles. The van der Waals surface area contributed by atoms with Crippen LogP contribution < -0.4 is 5.32 Å². The monoisotopic (exact) mass is 241 g/mol. The van der Waals surface area contributed by atoms with E-state index in [1.807, 2.05) is 13.8 Å². The summed E-state index contributed by atoms with van der Waals surface area (Å²) in [4.78, 5) is 11.1. The number of benzene rings is 1. The molecule has 16 heavy (non-hydrogen) atoms. The topological polar surface area (TPSA) is 49.3 Å². The molecule has 0 saturated carbocycles. The summed E-state index contributed by atoms with van der Waals surface area (Å²) in [5.74, 6) is -0.482. The third-order valence-corrected chi connectivity index (χ3v) is 2.39. The maximum atomic E-state index is 11.1. The van der Waals surface area contributed by atoms with Crippen LogP contribution in [0.3, 0.4) is 0 Å². The molecular formula is C12H16ClNO2. The molecule has 3 nitrogen and oxygen atoms in total. The van der Waals surface area contributed by atoms with E-state index in [2.05, 4.69) is 5.32 Å². The molecule has 1 atom stereocenters. The van der Waals surface area contributed by atoms with Crippen molar-refractivity contribution >= 4 is 17.6 Å². The SMILES string of the molecule is CC(C)CNC(C(=O)O)c1cccc(Cl)c1. The third kappa shape index (κ3) is 3.83. The summed E-state index contributed by atoms with van der Waals surface area (Å²) in [5.41, 5.74) is 0.681. The molecule has 1 aromatic carbocycles. The minimum absolute atomic E-state index is 0.404. The van der Waals surface area contributed by atoms with Crippen molar-refractivity contribution in [2.45, 2.75) is 19.9 Å². The summed E-state index contributed by atoms with van der Waals surface area (Å²) in [6.45, 7) is 4.72. The van der Waals surface area contributed by atoms with Gasteiger partial charge in [-0.15, -0.1) is 0 Å². The number of hydrogen-bond acceptors (Lipinski definition) is 2. The van der Waals surface area contributed by atoms with Crippen molar-refractivity contribution in [3.8, 4) is 0 Å². The fourth-order valence-electron chi connectivity index (χ4n) is 1.39. The summed E-state index contributed by atoms with van der Waals surface area (Å²) in [6.07, 6.45) is 0. The predicted molar refractivity (Wildman–Crippen MR) is 64.7 cm³/mol. The van der Waals surface area contributed by atoms with Crippen LogP contribution in [0.2, 0.25) is 5.02 Å². The molecule has 0 bridgehead atoms. The number of rotatable bonds is 5. The molecular weight excluding hydrogens is 226 g/mol. The van der Waals surface area contributed by atoms with Crippen molar-refractivity contribution in [2.75, 3.05) is 6.54 Å². The molecule has 2 N–H and O–H groups in total. The molecule has 1 unspecified atom stereocenters. The second-order valence-electron chi connectivity index (χ2n) is 4.13. The maximum Gasteiger partial charge on any atom is 0.325 e. The van der Waals surface area contributed by atoms with Gasteiger partial charge in [0.15, 0.2) is 0 Å². The molecule has 0 radical (unpaired) electrons. The van der Waals surface area contributed by atoms with Gasteiger partial charge in [-0.25, -0.2) is 0 Å². The Bertz CT molecular complexity index is 366. The van der Waals surface area contributed by atoms with Crippen molar-refractivity contribution in [1.82, 2.24) is 5.32 Å². The second kappa shape index (κ2) is 5.87. The second-order valence-corrected chi connectivity index (χ2v) is 4.56. The Hall–Kier alpha value is -1.06. The zero-order valence-corrected chi connectivity index (χ0v) is 10.2. The minimum atomic E-state index is -0.886. The van der Waals surface area contributed by atoms with Gasteiger partial charge in [0.1, 0.15) is 6.04 Å². The van der Waals surface area contributed by atoms with Crippen molar-refractivity contribution in [3.63, 3.8) is 0 Å². The van der Waals surface area contributed by atoms with E-state index in [1.165, 1.54) is 0 Å². The molecule has 0 aliphatic rings. The molecule has 0 aromatic heterocycles. The van der Waals surface area contributed by atoms with Gasteiger partial charge in [0, 0.05) is 5.02 Å². The zero-order valence-electron chi connectivity index (χ0n) is 9.40. The Balaban J connectivity index is 2.81. The normalized spacial score (nSPS) is 12.8. The van der Waals surface area contributed by atoms with Crippen LogP contribution in [0.25, 0.3) is 0 Å². The largest absolute Gasteiger partial charge is 0.480 e. The Morgan fingerprint density at radius 1 is 1.50 bits per heavy atom. The van der Waals surface area contributed by atoms with E-state index in [0.29, 0.717) is 23.0 Å². The highest BCUT2D eigenvalue weighted by Crippen LogP contribution is 2.18. The van der Waals surface area contributed by atoms with Gasteiger partial charge in [-0.2, -0.15) is 0 Å². The van der Waals surface area contributed by atoms with Gasteiger partial charge in [-0.05, 0) is 30.2 Å². The minimum Gasteiger partial charge on any atom is -0.480 e. The first-order valence-electron chi connectivity index (χ1n) is 5.22. The number of carboxylic acids is 1. The molecule has 0 aliphatic carbocycles. The Kier molecular flexibility index (Phi) is 4.77. The molecule has 1 aromatic rings. The van der Waals surface area contributed by atoms with Gasteiger partial charge in [-0.1, -0.05) is 37.6 Å². The van der Waals surface area contributed by atoms with Crippen LogP contribution in [0.5, 0.6) is 0 Å². The standard InChI is InChI=1S/C12H16ClNO2/c1-8(2)7-14-11(12(15)16)9-4-3-5-10(13)6-9/h3-6,8,11,14H,7H2,1-2H3,(H,15,16). The van der Waals surface area contributed by atoms with E-state index >= 15 is 0 Å². The van der Waals surface area contributed by atoms with Gasteiger partial charge in [0.05, 0.1) is 0 Å². The van der Waals surface area contributed by atoms with Crippen molar-refractivity contribution in [2.24, 2.45) is 5.92 Å². The Morgan fingerprint density at radius 2 is 2.19 bits per heavy atom. The van der Waals surface area contributed by atoms with E-state index in [4.69, 9.17) is 16.7 Å². The van der Waals surface area contributed by atoms with E-state index in [0.717, 1.165) is 0 Å². The molecule has 4 heteroatoms. The van der Waals surface area contributed by atoms with Crippen LogP contribution in [0, 0.1) is 5.92 Å². The summed E-state index contributed by atoms with van der Waals surface area (Å²) >= 11 is 5.84. The highest BCUT2D eigenvalue weighted by Gasteiger charge is 2.19. The molecule has 0 spiro atoms. The lowest BCUT2D eigenvalue weighted by molar-refractivity contribution is -0.139. The van der Waals surface area contributed by atoms with Gasteiger partial charge in [-0.3, -0.25) is 4.79 Å².